The van der Waals surface area contributed by atoms with Crippen molar-refractivity contribution in [3.05, 3.63) is 23.8 Å². The maximum atomic E-state index is 12.3. The van der Waals surface area contributed by atoms with Gasteiger partial charge in [0.1, 0.15) is 5.75 Å². The molecular weight excluding hydrogens is 228 g/mol. The first-order valence-corrected chi connectivity index (χ1v) is 6.38. The van der Waals surface area contributed by atoms with Crippen LogP contribution in [0.2, 0.25) is 0 Å². The molecule has 2 rings (SSSR count). The molecule has 0 aromatic heterocycles. The van der Waals surface area contributed by atoms with Gasteiger partial charge in [0, 0.05) is 23.8 Å². The van der Waals surface area contributed by atoms with Crippen LogP contribution in [0.1, 0.15) is 32.8 Å². The lowest BCUT2D eigenvalue weighted by Gasteiger charge is -2.26. The number of anilines is 1. The molecule has 1 heterocycles. The first-order valence-electron chi connectivity index (χ1n) is 6.38. The third-order valence-corrected chi connectivity index (χ3v) is 3.25. The summed E-state index contributed by atoms with van der Waals surface area (Å²) < 4.78 is 5.81. The number of carbonyl (C=O) groups excluding carboxylic acids is 1. The van der Waals surface area contributed by atoms with Crippen LogP contribution in [0.15, 0.2) is 18.2 Å². The van der Waals surface area contributed by atoms with Crippen molar-refractivity contribution in [1.82, 2.24) is 4.90 Å². The van der Waals surface area contributed by atoms with Crippen molar-refractivity contribution in [2.24, 2.45) is 0 Å². The first-order chi connectivity index (χ1) is 8.52. The highest BCUT2D eigenvalue weighted by molar-refractivity contribution is 5.82. The highest BCUT2D eigenvalue weighted by Crippen LogP contribution is 2.29. The van der Waals surface area contributed by atoms with Crippen molar-refractivity contribution < 1.29 is 9.53 Å². The molecule has 1 unspecified atom stereocenters. The fraction of sp³-hybridized carbons (Fsp3) is 0.500. The average Bonchev–Trinajstić information content (AvgIpc) is 2.46. The first kappa shape index (κ1) is 12.7. The molecule has 0 fully saturated rings. The summed E-state index contributed by atoms with van der Waals surface area (Å²) in [4.78, 5) is 14.2. The lowest BCUT2D eigenvalue weighted by atomic mass is 10.1. The maximum absolute atomic E-state index is 12.3. The molecule has 1 aromatic carbocycles. The van der Waals surface area contributed by atoms with E-state index in [2.05, 4.69) is 0 Å². The largest absolute Gasteiger partial charge is 0.480 e. The lowest BCUT2D eigenvalue weighted by molar-refractivity contribution is -0.140. The molecule has 2 N–H and O–H groups in total. The second-order valence-corrected chi connectivity index (χ2v) is 4.94. The van der Waals surface area contributed by atoms with E-state index in [-0.39, 0.29) is 11.9 Å². The number of benzene rings is 1. The van der Waals surface area contributed by atoms with Crippen LogP contribution in [0.4, 0.5) is 5.69 Å². The summed E-state index contributed by atoms with van der Waals surface area (Å²) in [6.07, 6.45) is 0.281. The van der Waals surface area contributed by atoms with E-state index in [0.717, 1.165) is 11.3 Å². The molecular formula is C14H20N2O2. The standard InChI is InChI=1S/C14H20N2O2/c1-4-12-14(17)16(9(2)3)8-10-7-11(15)5-6-13(10)18-12/h5-7,9,12H,4,8,15H2,1-3H3. The van der Waals surface area contributed by atoms with Gasteiger partial charge in [0.05, 0.1) is 0 Å². The van der Waals surface area contributed by atoms with E-state index < -0.39 is 6.10 Å². The third kappa shape index (κ3) is 2.28. The second kappa shape index (κ2) is 4.88. The minimum atomic E-state index is -0.391. The van der Waals surface area contributed by atoms with Gasteiger partial charge in [-0.3, -0.25) is 4.79 Å². The van der Waals surface area contributed by atoms with Gasteiger partial charge in [-0.2, -0.15) is 0 Å². The van der Waals surface area contributed by atoms with Gasteiger partial charge in [0.25, 0.3) is 5.91 Å². The van der Waals surface area contributed by atoms with Gasteiger partial charge in [-0.05, 0) is 38.5 Å². The highest BCUT2D eigenvalue weighted by atomic mass is 16.5. The normalized spacial score (nSPS) is 19.4. The van der Waals surface area contributed by atoms with Crippen LogP contribution in [-0.2, 0) is 11.3 Å². The number of nitrogens with zero attached hydrogens (tertiary/aromatic N) is 1. The van der Waals surface area contributed by atoms with Gasteiger partial charge >= 0.3 is 0 Å². The number of nitrogen functional groups attached to an aromatic ring is 1. The van der Waals surface area contributed by atoms with Crippen molar-refractivity contribution in [3.8, 4) is 5.75 Å². The predicted molar refractivity (Wildman–Crippen MR) is 71.2 cm³/mol. The number of amides is 1. The van der Waals surface area contributed by atoms with Crippen LogP contribution in [0.25, 0.3) is 0 Å². The van der Waals surface area contributed by atoms with E-state index >= 15 is 0 Å². The molecule has 0 saturated heterocycles. The van der Waals surface area contributed by atoms with Gasteiger partial charge in [-0.15, -0.1) is 0 Å². The summed E-state index contributed by atoms with van der Waals surface area (Å²) >= 11 is 0. The molecule has 0 spiro atoms. The number of rotatable bonds is 2. The minimum Gasteiger partial charge on any atom is -0.480 e. The predicted octanol–water partition coefficient (Wildman–Crippen LogP) is 2.18. The SMILES string of the molecule is CCC1Oc2ccc(N)cc2CN(C(C)C)C1=O. The molecule has 1 aromatic rings. The molecule has 0 radical (unpaired) electrons. The zero-order valence-electron chi connectivity index (χ0n) is 11.1. The Hall–Kier alpha value is -1.71. The number of carbonyl (C=O) groups is 1. The smallest absolute Gasteiger partial charge is 0.264 e. The Morgan fingerprint density at radius 3 is 2.83 bits per heavy atom. The van der Waals surface area contributed by atoms with Gasteiger partial charge in [0.2, 0.25) is 0 Å². The molecule has 4 nitrogen and oxygen atoms in total. The monoisotopic (exact) mass is 248 g/mol. The zero-order valence-corrected chi connectivity index (χ0v) is 11.1. The molecule has 0 saturated carbocycles. The number of nitrogens with two attached hydrogens (primary N) is 1. The van der Waals surface area contributed by atoms with Gasteiger partial charge in [-0.1, -0.05) is 6.92 Å². The molecule has 1 amide bonds. The number of ether oxygens (including phenoxy) is 1. The summed E-state index contributed by atoms with van der Waals surface area (Å²) in [6, 6.07) is 5.70. The Labute approximate surface area is 108 Å². The molecule has 1 atom stereocenters. The minimum absolute atomic E-state index is 0.0577. The van der Waals surface area contributed by atoms with Crippen molar-refractivity contribution in [1.29, 1.82) is 0 Å². The summed E-state index contributed by atoms with van der Waals surface area (Å²) in [5, 5.41) is 0. The molecule has 0 bridgehead atoms. The van der Waals surface area contributed by atoms with Gasteiger partial charge in [-0.25, -0.2) is 0 Å². The lowest BCUT2D eigenvalue weighted by Crippen LogP contribution is -2.42. The van der Waals surface area contributed by atoms with E-state index in [1.165, 1.54) is 0 Å². The number of fused-ring (bicyclic) bond motifs is 1. The van der Waals surface area contributed by atoms with Gasteiger partial charge in [0.15, 0.2) is 6.10 Å². The van der Waals surface area contributed by atoms with Gasteiger partial charge < -0.3 is 15.4 Å². The number of hydrogen-bond acceptors (Lipinski definition) is 3. The Morgan fingerprint density at radius 1 is 1.50 bits per heavy atom. The molecule has 18 heavy (non-hydrogen) atoms. The molecule has 4 heteroatoms. The van der Waals surface area contributed by atoms with Crippen molar-refractivity contribution >= 4 is 11.6 Å². The van der Waals surface area contributed by atoms with E-state index in [1.807, 2.05) is 37.8 Å². The van der Waals surface area contributed by atoms with E-state index in [9.17, 15) is 4.79 Å². The Kier molecular flexibility index (Phi) is 3.45. The number of hydrogen-bond donors (Lipinski definition) is 1. The zero-order chi connectivity index (χ0) is 13.3. The van der Waals surface area contributed by atoms with Crippen LogP contribution in [0.5, 0.6) is 5.75 Å². The van der Waals surface area contributed by atoms with E-state index in [4.69, 9.17) is 10.5 Å². The molecule has 0 aliphatic carbocycles. The average molecular weight is 248 g/mol. The molecule has 98 valence electrons. The van der Waals surface area contributed by atoms with E-state index in [0.29, 0.717) is 18.7 Å². The van der Waals surface area contributed by atoms with Crippen LogP contribution >= 0.6 is 0 Å². The Balaban J connectivity index is 2.42. The highest BCUT2D eigenvalue weighted by Gasteiger charge is 2.31. The van der Waals surface area contributed by atoms with Crippen molar-refractivity contribution in [2.45, 2.75) is 45.9 Å². The maximum Gasteiger partial charge on any atom is 0.264 e. The summed E-state index contributed by atoms with van der Waals surface area (Å²) in [5.41, 5.74) is 7.47. The van der Waals surface area contributed by atoms with E-state index in [1.54, 1.807) is 6.07 Å². The van der Waals surface area contributed by atoms with Crippen molar-refractivity contribution in [3.63, 3.8) is 0 Å². The molecule has 1 aliphatic heterocycles. The summed E-state index contributed by atoms with van der Waals surface area (Å²) in [7, 11) is 0. The topological polar surface area (TPSA) is 55.6 Å². The van der Waals surface area contributed by atoms with Crippen LogP contribution in [0, 0.1) is 0 Å². The Bertz CT molecular complexity index is 457. The third-order valence-electron chi connectivity index (χ3n) is 3.25. The summed E-state index contributed by atoms with van der Waals surface area (Å²) in [6.45, 7) is 6.56. The summed E-state index contributed by atoms with van der Waals surface area (Å²) in [5.74, 6) is 0.829. The van der Waals surface area contributed by atoms with Crippen LogP contribution in [-0.4, -0.2) is 23.0 Å². The second-order valence-electron chi connectivity index (χ2n) is 4.94. The van der Waals surface area contributed by atoms with Crippen molar-refractivity contribution in [2.75, 3.05) is 5.73 Å². The fourth-order valence-corrected chi connectivity index (χ4v) is 2.18. The quantitative estimate of drug-likeness (QED) is 0.816. The Morgan fingerprint density at radius 2 is 2.22 bits per heavy atom. The van der Waals surface area contributed by atoms with Crippen LogP contribution in [0.3, 0.4) is 0 Å². The molecule has 1 aliphatic rings. The fourth-order valence-electron chi connectivity index (χ4n) is 2.18. The van der Waals surface area contributed by atoms with Crippen LogP contribution < -0.4 is 10.5 Å².